The van der Waals surface area contributed by atoms with Crippen LogP contribution in [0.4, 0.5) is 0 Å². The maximum atomic E-state index is 6.06. The van der Waals surface area contributed by atoms with E-state index in [-0.39, 0.29) is 6.04 Å². The average molecular weight is 272 g/mol. The lowest BCUT2D eigenvalue weighted by atomic mass is 10.0. The van der Waals surface area contributed by atoms with E-state index in [0.29, 0.717) is 6.61 Å². The zero-order chi connectivity index (χ0) is 11.3. The topological polar surface area (TPSA) is 35.2 Å². The third-order valence-electron chi connectivity index (χ3n) is 2.29. The third kappa shape index (κ3) is 3.93. The van der Waals surface area contributed by atoms with E-state index in [9.17, 15) is 0 Å². The first-order valence-corrected chi connectivity index (χ1v) is 6.03. The van der Waals surface area contributed by atoms with Gasteiger partial charge in [0, 0.05) is 11.1 Å². The maximum absolute atomic E-state index is 6.06. The lowest BCUT2D eigenvalue weighted by molar-refractivity contribution is 0.121. The zero-order valence-corrected chi connectivity index (χ0v) is 10.9. The minimum Gasteiger partial charge on any atom is -0.379 e. The zero-order valence-electron chi connectivity index (χ0n) is 9.29. The Bertz CT molecular complexity index is 314. The van der Waals surface area contributed by atoms with Gasteiger partial charge in [0.15, 0.2) is 0 Å². The van der Waals surface area contributed by atoms with E-state index in [2.05, 4.69) is 41.9 Å². The molecule has 0 aliphatic carbocycles. The van der Waals surface area contributed by atoms with Crippen LogP contribution in [0.1, 0.15) is 30.5 Å². The number of benzene rings is 1. The van der Waals surface area contributed by atoms with Crippen LogP contribution in [0.2, 0.25) is 0 Å². The van der Waals surface area contributed by atoms with Gasteiger partial charge in [-0.3, -0.25) is 0 Å². The summed E-state index contributed by atoms with van der Waals surface area (Å²) in [6.45, 7) is 5.53. The molecular formula is C12H18BrNO. The number of rotatable bonds is 5. The summed E-state index contributed by atoms with van der Waals surface area (Å²) in [5, 5.41) is 0. The van der Waals surface area contributed by atoms with Gasteiger partial charge in [-0.2, -0.15) is 0 Å². The van der Waals surface area contributed by atoms with Crippen molar-refractivity contribution in [2.24, 2.45) is 5.73 Å². The number of halogens is 1. The van der Waals surface area contributed by atoms with Gasteiger partial charge in [-0.15, -0.1) is 0 Å². The van der Waals surface area contributed by atoms with Crippen molar-refractivity contribution in [3.8, 4) is 0 Å². The SMILES string of the molecule is CCCOCC(N)c1cc(Br)ccc1C. The van der Waals surface area contributed by atoms with E-state index in [4.69, 9.17) is 10.5 Å². The Morgan fingerprint density at radius 1 is 1.47 bits per heavy atom. The molecule has 0 saturated heterocycles. The number of ether oxygens (including phenoxy) is 1. The number of aryl methyl sites for hydroxylation is 1. The molecule has 0 aliphatic heterocycles. The molecule has 1 aromatic carbocycles. The molecule has 0 heterocycles. The van der Waals surface area contributed by atoms with Crippen molar-refractivity contribution in [3.63, 3.8) is 0 Å². The summed E-state index contributed by atoms with van der Waals surface area (Å²) in [7, 11) is 0. The van der Waals surface area contributed by atoms with Gasteiger partial charge in [-0.05, 0) is 36.6 Å². The summed E-state index contributed by atoms with van der Waals surface area (Å²) in [5.74, 6) is 0. The molecule has 1 unspecified atom stereocenters. The highest BCUT2D eigenvalue weighted by molar-refractivity contribution is 9.10. The molecule has 1 rings (SSSR count). The minimum atomic E-state index is -0.0333. The highest BCUT2D eigenvalue weighted by atomic mass is 79.9. The second kappa shape index (κ2) is 6.26. The van der Waals surface area contributed by atoms with Crippen molar-refractivity contribution in [3.05, 3.63) is 33.8 Å². The van der Waals surface area contributed by atoms with Crippen LogP contribution in [0.15, 0.2) is 22.7 Å². The molecule has 15 heavy (non-hydrogen) atoms. The van der Waals surface area contributed by atoms with Gasteiger partial charge in [-0.1, -0.05) is 28.9 Å². The molecule has 0 amide bonds. The van der Waals surface area contributed by atoms with Crippen LogP contribution in [0.3, 0.4) is 0 Å². The van der Waals surface area contributed by atoms with Crippen molar-refractivity contribution in [2.45, 2.75) is 26.3 Å². The number of hydrogen-bond donors (Lipinski definition) is 1. The van der Waals surface area contributed by atoms with Crippen molar-refractivity contribution >= 4 is 15.9 Å². The fraction of sp³-hybridized carbons (Fsp3) is 0.500. The quantitative estimate of drug-likeness (QED) is 0.835. The van der Waals surface area contributed by atoms with E-state index >= 15 is 0 Å². The molecule has 0 aliphatic rings. The van der Waals surface area contributed by atoms with Crippen LogP contribution < -0.4 is 5.73 Å². The second-order valence-corrected chi connectivity index (χ2v) is 4.60. The molecule has 2 nitrogen and oxygen atoms in total. The van der Waals surface area contributed by atoms with Gasteiger partial charge in [0.05, 0.1) is 12.6 Å². The Balaban J connectivity index is 2.64. The Kier molecular flexibility index (Phi) is 5.29. The molecule has 84 valence electrons. The summed E-state index contributed by atoms with van der Waals surface area (Å²) in [4.78, 5) is 0. The summed E-state index contributed by atoms with van der Waals surface area (Å²) >= 11 is 3.45. The summed E-state index contributed by atoms with van der Waals surface area (Å²) in [6, 6.07) is 6.13. The first-order valence-electron chi connectivity index (χ1n) is 5.24. The molecule has 0 radical (unpaired) electrons. The predicted octanol–water partition coefficient (Wildman–Crippen LogP) is 3.18. The van der Waals surface area contributed by atoms with Gasteiger partial charge in [0.1, 0.15) is 0 Å². The summed E-state index contributed by atoms with van der Waals surface area (Å²) in [6.07, 6.45) is 1.03. The molecule has 3 heteroatoms. The lowest BCUT2D eigenvalue weighted by Crippen LogP contribution is -2.18. The highest BCUT2D eigenvalue weighted by Crippen LogP contribution is 2.21. The fourth-order valence-electron chi connectivity index (χ4n) is 1.46. The molecule has 0 spiro atoms. The van der Waals surface area contributed by atoms with E-state index in [1.54, 1.807) is 0 Å². The monoisotopic (exact) mass is 271 g/mol. The maximum Gasteiger partial charge on any atom is 0.0659 e. The standard InChI is InChI=1S/C12H18BrNO/c1-3-6-15-8-12(14)11-7-10(13)5-4-9(11)2/h4-5,7,12H,3,6,8,14H2,1-2H3. The molecule has 0 aromatic heterocycles. The number of nitrogens with two attached hydrogens (primary N) is 1. The highest BCUT2D eigenvalue weighted by Gasteiger charge is 2.09. The van der Waals surface area contributed by atoms with E-state index < -0.39 is 0 Å². The van der Waals surface area contributed by atoms with Crippen LogP contribution in [-0.2, 0) is 4.74 Å². The average Bonchev–Trinajstić information content (AvgIpc) is 2.22. The van der Waals surface area contributed by atoms with Crippen molar-refractivity contribution in [1.29, 1.82) is 0 Å². The Hall–Kier alpha value is -0.380. The van der Waals surface area contributed by atoms with Gasteiger partial charge in [-0.25, -0.2) is 0 Å². The largest absolute Gasteiger partial charge is 0.379 e. The van der Waals surface area contributed by atoms with Crippen LogP contribution in [-0.4, -0.2) is 13.2 Å². The van der Waals surface area contributed by atoms with E-state index in [0.717, 1.165) is 23.1 Å². The molecule has 2 N–H and O–H groups in total. The minimum absolute atomic E-state index is 0.0333. The van der Waals surface area contributed by atoms with Gasteiger partial charge < -0.3 is 10.5 Å². The Morgan fingerprint density at radius 2 is 2.20 bits per heavy atom. The molecule has 0 saturated carbocycles. The normalized spacial score (nSPS) is 12.8. The van der Waals surface area contributed by atoms with Crippen LogP contribution in [0, 0.1) is 6.92 Å². The van der Waals surface area contributed by atoms with Gasteiger partial charge in [0.25, 0.3) is 0 Å². The smallest absolute Gasteiger partial charge is 0.0659 e. The fourth-order valence-corrected chi connectivity index (χ4v) is 1.83. The van der Waals surface area contributed by atoms with Crippen LogP contribution >= 0.6 is 15.9 Å². The second-order valence-electron chi connectivity index (χ2n) is 3.68. The van der Waals surface area contributed by atoms with E-state index in [1.807, 2.05) is 6.07 Å². The first-order chi connectivity index (χ1) is 7.15. The molecule has 1 aromatic rings. The lowest BCUT2D eigenvalue weighted by Gasteiger charge is -2.15. The van der Waals surface area contributed by atoms with Crippen molar-refractivity contribution in [2.75, 3.05) is 13.2 Å². The number of hydrogen-bond acceptors (Lipinski definition) is 2. The predicted molar refractivity (Wildman–Crippen MR) is 66.9 cm³/mol. The van der Waals surface area contributed by atoms with Crippen molar-refractivity contribution in [1.82, 2.24) is 0 Å². The first kappa shape index (κ1) is 12.7. The molecular weight excluding hydrogens is 254 g/mol. The van der Waals surface area contributed by atoms with E-state index in [1.165, 1.54) is 5.56 Å². The van der Waals surface area contributed by atoms with Gasteiger partial charge >= 0.3 is 0 Å². The van der Waals surface area contributed by atoms with Crippen LogP contribution in [0.25, 0.3) is 0 Å². The third-order valence-corrected chi connectivity index (χ3v) is 2.78. The molecule has 0 fully saturated rings. The van der Waals surface area contributed by atoms with Crippen LogP contribution in [0.5, 0.6) is 0 Å². The molecule has 0 bridgehead atoms. The Labute approximate surface area is 99.9 Å². The summed E-state index contributed by atoms with van der Waals surface area (Å²) in [5.41, 5.74) is 8.43. The van der Waals surface area contributed by atoms with Gasteiger partial charge in [0.2, 0.25) is 0 Å². The van der Waals surface area contributed by atoms with Crippen molar-refractivity contribution < 1.29 is 4.74 Å². The Morgan fingerprint density at radius 3 is 2.87 bits per heavy atom. The molecule has 1 atom stereocenters. The summed E-state index contributed by atoms with van der Waals surface area (Å²) < 4.78 is 6.52.